The maximum Gasteiger partial charge on any atom is 0.270 e. The van der Waals surface area contributed by atoms with Crippen molar-refractivity contribution in [1.82, 2.24) is 14.9 Å². The topological polar surface area (TPSA) is 69.9 Å². The van der Waals surface area contributed by atoms with Crippen LogP contribution in [0.2, 0.25) is 0 Å². The minimum atomic E-state index is -3.10. The fraction of sp³-hybridized carbons (Fsp3) is 0.308. The van der Waals surface area contributed by atoms with Gasteiger partial charge in [0.05, 0.1) is 22.7 Å². The molecule has 0 N–H and O–H groups in total. The van der Waals surface area contributed by atoms with Crippen molar-refractivity contribution in [2.45, 2.75) is 32.1 Å². The second-order valence-corrected chi connectivity index (χ2v) is 8.69. The Bertz CT molecular complexity index is 1230. The first-order valence-electron chi connectivity index (χ1n) is 11.0. The lowest BCUT2D eigenvalue weighted by Crippen LogP contribution is -2.43. The van der Waals surface area contributed by atoms with Crippen molar-refractivity contribution in [2.75, 3.05) is 13.1 Å². The molecule has 0 atom stereocenters. The molecule has 1 saturated heterocycles. The standard InChI is InChI=1S/C26H23F3N4O/c1-25(28,29)20-4-5-22(27)19(15-20)16-26(17-30)8-13-33(14-9-26)24(34)21-3-2-10-32-23(21)18-6-11-31-12-7-18/h2-7,10-12,15H,8-9,13-14,16H2,1H3. The van der Waals surface area contributed by atoms with E-state index in [1.54, 1.807) is 47.8 Å². The van der Waals surface area contributed by atoms with Crippen LogP contribution in [-0.2, 0) is 12.3 Å². The van der Waals surface area contributed by atoms with E-state index in [-0.39, 0.29) is 23.5 Å². The molecule has 3 heterocycles. The van der Waals surface area contributed by atoms with E-state index in [1.807, 2.05) is 0 Å². The highest BCUT2D eigenvalue weighted by molar-refractivity contribution is 5.99. The number of likely N-dealkylation sites (tertiary alicyclic amines) is 1. The average molecular weight is 464 g/mol. The zero-order valence-electron chi connectivity index (χ0n) is 18.6. The number of hydrogen-bond donors (Lipinski definition) is 0. The number of carbonyl (C=O) groups is 1. The van der Waals surface area contributed by atoms with E-state index in [9.17, 15) is 23.2 Å². The third kappa shape index (κ3) is 4.79. The van der Waals surface area contributed by atoms with E-state index < -0.39 is 17.2 Å². The number of nitrogens with zero attached hydrogens (tertiary/aromatic N) is 4. The van der Waals surface area contributed by atoms with Gasteiger partial charge in [0.1, 0.15) is 5.82 Å². The van der Waals surface area contributed by atoms with Crippen molar-refractivity contribution < 1.29 is 18.0 Å². The van der Waals surface area contributed by atoms with Crippen LogP contribution in [0.5, 0.6) is 0 Å². The van der Waals surface area contributed by atoms with Crippen LogP contribution in [0.25, 0.3) is 11.3 Å². The Morgan fingerprint density at radius 3 is 2.50 bits per heavy atom. The largest absolute Gasteiger partial charge is 0.338 e. The minimum Gasteiger partial charge on any atom is -0.338 e. The predicted octanol–water partition coefficient (Wildman–Crippen LogP) is 5.38. The molecule has 1 aliphatic heterocycles. The summed E-state index contributed by atoms with van der Waals surface area (Å²) in [6, 6.07) is 12.5. The molecule has 0 saturated carbocycles. The second-order valence-electron chi connectivity index (χ2n) is 8.69. The molecule has 4 rings (SSSR count). The van der Waals surface area contributed by atoms with Gasteiger partial charge < -0.3 is 4.90 Å². The summed E-state index contributed by atoms with van der Waals surface area (Å²) in [5, 5.41) is 9.92. The van der Waals surface area contributed by atoms with Crippen LogP contribution in [0.3, 0.4) is 0 Å². The normalized spacial score (nSPS) is 15.6. The Morgan fingerprint density at radius 2 is 1.85 bits per heavy atom. The summed E-state index contributed by atoms with van der Waals surface area (Å²) in [6.45, 7) is 1.34. The Kier molecular flexibility index (Phi) is 6.38. The molecule has 174 valence electrons. The molecule has 8 heteroatoms. The van der Waals surface area contributed by atoms with Gasteiger partial charge in [-0.05, 0) is 61.2 Å². The molecule has 1 aromatic carbocycles. The lowest BCUT2D eigenvalue weighted by atomic mass is 9.74. The van der Waals surface area contributed by atoms with Crippen molar-refractivity contribution in [3.8, 4) is 17.3 Å². The molecule has 1 aliphatic rings. The summed E-state index contributed by atoms with van der Waals surface area (Å²) >= 11 is 0. The van der Waals surface area contributed by atoms with Gasteiger partial charge >= 0.3 is 0 Å². The summed E-state index contributed by atoms with van der Waals surface area (Å²) in [5.74, 6) is -3.92. The Morgan fingerprint density at radius 1 is 1.15 bits per heavy atom. The second kappa shape index (κ2) is 9.26. The molecule has 0 radical (unpaired) electrons. The number of aromatic nitrogens is 2. The van der Waals surface area contributed by atoms with Gasteiger partial charge in [0.2, 0.25) is 0 Å². The smallest absolute Gasteiger partial charge is 0.270 e. The number of halogens is 3. The molecule has 1 fully saturated rings. The molecule has 0 unspecified atom stereocenters. The van der Waals surface area contributed by atoms with Crippen molar-refractivity contribution in [1.29, 1.82) is 5.26 Å². The SMILES string of the molecule is CC(F)(F)c1ccc(F)c(CC2(C#N)CCN(C(=O)c3cccnc3-c3ccncc3)CC2)c1. The Hall–Kier alpha value is -3.73. The average Bonchev–Trinajstić information content (AvgIpc) is 2.85. The fourth-order valence-corrected chi connectivity index (χ4v) is 4.30. The molecule has 5 nitrogen and oxygen atoms in total. The molecule has 0 aliphatic carbocycles. The molecule has 1 amide bonds. The summed E-state index contributed by atoms with van der Waals surface area (Å²) in [6.07, 6.45) is 5.51. The van der Waals surface area contributed by atoms with Crippen LogP contribution in [-0.4, -0.2) is 33.9 Å². The highest BCUT2D eigenvalue weighted by atomic mass is 19.3. The minimum absolute atomic E-state index is 0.0104. The Balaban J connectivity index is 1.52. The third-order valence-electron chi connectivity index (χ3n) is 6.32. The number of hydrogen-bond acceptors (Lipinski definition) is 4. The summed E-state index contributed by atoms with van der Waals surface area (Å²) in [7, 11) is 0. The van der Waals surface area contributed by atoms with Crippen LogP contribution in [0.15, 0.2) is 61.1 Å². The van der Waals surface area contributed by atoms with Crippen LogP contribution in [0, 0.1) is 22.6 Å². The maximum atomic E-state index is 14.4. The number of piperidine rings is 1. The maximum absolute atomic E-state index is 14.4. The molecular weight excluding hydrogens is 441 g/mol. The predicted molar refractivity (Wildman–Crippen MR) is 120 cm³/mol. The summed E-state index contributed by atoms with van der Waals surface area (Å²) in [4.78, 5) is 23.3. The molecule has 34 heavy (non-hydrogen) atoms. The van der Waals surface area contributed by atoms with Gasteiger partial charge in [-0.1, -0.05) is 6.07 Å². The lowest BCUT2D eigenvalue weighted by molar-refractivity contribution is 0.0172. The van der Waals surface area contributed by atoms with E-state index >= 15 is 0 Å². The van der Waals surface area contributed by atoms with Gasteiger partial charge in [0.25, 0.3) is 11.8 Å². The number of benzene rings is 1. The van der Waals surface area contributed by atoms with E-state index in [2.05, 4.69) is 16.0 Å². The highest BCUT2D eigenvalue weighted by Gasteiger charge is 2.38. The molecular formula is C26H23F3N4O. The van der Waals surface area contributed by atoms with Gasteiger partial charge in [-0.2, -0.15) is 5.26 Å². The van der Waals surface area contributed by atoms with Crippen molar-refractivity contribution in [2.24, 2.45) is 5.41 Å². The van der Waals surface area contributed by atoms with Crippen molar-refractivity contribution in [3.63, 3.8) is 0 Å². The first-order valence-corrected chi connectivity index (χ1v) is 11.0. The van der Waals surface area contributed by atoms with Crippen LogP contribution >= 0.6 is 0 Å². The number of alkyl halides is 2. The fourth-order valence-electron chi connectivity index (χ4n) is 4.30. The van der Waals surface area contributed by atoms with Crippen LogP contribution in [0.4, 0.5) is 13.2 Å². The van der Waals surface area contributed by atoms with Gasteiger partial charge in [0, 0.05) is 49.7 Å². The summed E-state index contributed by atoms with van der Waals surface area (Å²) in [5.41, 5.74) is 0.624. The Labute approximate surface area is 195 Å². The lowest BCUT2D eigenvalue weighted by Gasteiger charge is -2.37. The zero-order valence-corrected chi connectivity index (χ0v) is 18.6. The quantitative estimate of drug-likeness (QED) is 0.508. The van der Waals surface area contributed by atoms with E-state index in [1.165, 1.54) is 0 Å². The van der Waals surface area contributed by atoms with Crippen molar-refractivity contribution in [3.05, 3.63) is 83.6 Å². The van der Waals surface area contributed by atoms with E-state index in [0.29, 0.717) is 37.2 Å². The van der Waals surface area contributed by atoms with Crippen LogP contribution < -0.4 is 0 Å². The summed E-state index contributed by atoms with van der Waals surface area (Å²) < 4.78 is 41.9. The first-order chi connectivity index (χ1) is 16.2. The van der Waals surface area contributed by atoms with Gasteiger partial charge in [-0.3, -0.25) is 14.8 Å². The van der Waals surface area contributed by atoms with Crippen molar-refractivity contribution >= 4 is 5.91 Å². The molecule has 2 aromatic heterocycles. The highest BCUT2D eigenvalue weighted by Crippen LogP contribution is 2.37. The van der Waals surface area contributed by atoms with E-state index in [4.69, 9.17) is 0 Å². The third-order valence-corrected chi connectivity index (χ3v) is 6.32. The first kappa shape index (κ1) is 23.4. The number of rotatable bonds is 5. The number of carbonyl (C=O) groups excluding carboxylic acids is 1. The van der Waals surface area contributed by atoms with Gasteiger partial charge in [-0.15, -0.1) is 0 Å². The number of nitriles is 1. The molecule has 0 bridgehead atoms. The molecule has 0 spiro atoms. The zero-order chi connectivity index (χ0) is 24.3. The van der Waals surface area contributed by atoms with Gasteiger partial charge in [0.15, 0.2) is 0 Å². The monoisotopic (exact) mass is 464 g/mol. The molecule has 3 aromatic rings. The van der Waals surface area contributed by atoms with Gasteiger partial charge in [-0.25, -0.2) is 13.2 Å². The number of pyridine rings is 2. The van der Waals surface area contributed by atoms with Crippen LogP contribution in [0.1, 0.15) is 41.3 Å². The number of amides is 1. The van der Waals surface area contributed by atoms with E-state index in [0.717, 1.165) is 30.7 Å².